The molecular weight excluding hydrogens is 563 g/mol. The van der Waals surface area contributed by atoms with E-state index in [9.17, 15) is 14.0 Å². The van der Waals surface area contributed by atoms with E-state index in [4.69, 9.17) is 0 Å². The molecule has 4 rings (SSSR count). The number of hydrazine groups is 1. The molecule has 0 bridgehead atoms. The summed E-state index contributed by atoms with van der Waals surface area (Å²) in [6, 6.07) is 18.6. The van der Waals surface area contributed by atoms with Crippen LogP contribution in [0.25, 0.3) is 0 Å². The number of carbonyl (C=O) groups is 2. The summed E-state index contributed by atoms with van der Waals surface area (Å²) in [6.07, 6.45) is 1.35. The minimum Gasteiger partial charge on any atom is -0.321 e. The standard InChI is InChI=1S/C29H32BrFN6O2/c1-3-36-18-25(19-37(36)4-2)32-16-20-8-10-22(11-9-20)28(38)34-27-13-12-23(30)15-26(27)29(39)35-33-17-21-6-5-7-24(31)14-21/h5-15,17,25,32H,3-4,16,18-19H2,1-2H3,(H,34,38)(H,35,39)/b33-17+. The van der Waals surface area contributed by atoms with Crippen LogP contribution in [0.5, 0.6) is 0 Å². The van der Waals surface area contributed by atoms with Gasteiger partial charge in [-0.2, -0.15) is 5.10 Å². The van der Waals surface area contributed by atoms with E-state index in [-0.39, 0.29) is 11.5 Å². The van der Waals surface area contributed by atoms with Crippen LogP contribution in [0, 0.1) is 5.82 Å². The number of carbonyl (C=O) groups excluding carboxylic acids is 2. The Hall–Kier alpha value is -3.44. The molecule has 1 aliphatic rings. The van der Waals surface area contributed by atoms with E-state index in [1.807, 2.05) is 12.1 Å². The second kappa shape index (κ2) is 13.6. The second-order valence-electron chi connectivity index (χ2n) is 9.18. The van der Waals surface area contributed by atoms with Crippen LogP contribution in [0.2, 0.25) is 0 Å². The number of nitrogens with zero attached hydrogens (tertiary/aromatic N) is 3. The zero-order valence-electron chi connectivity index (χ0n) is 22.0. The third kappa shape index (κ3) is 7.79. The van der Waals surface area contributed by atoms with Crippen LogP contribution in [0.3, 0.4) is 0 Å². The molecule has 10 heteroatoms. The minimum atomic E-state index is -0.518. The Labute approximate surface area is 236 Å². The van der Waals surface area contributed by atoms with Gasteiger partial charge in [0.2, 0.25) is 0 Å². The molecule has 0 aromatic heterocycles. The van der Waals surface area contributed by atoms with Gasteiger partial charge < -0.3 is 10.6 Å². The highest BCUT2D eigenvalue weighted by molar-refractivity contribution is 9.10. The highest BCUT2D eigenvalue weighted by Gasteiger charge is 2.27. The molecule has 0 radical (unpaired) electrons. The smallest absolute Gasteiger partial charge is 0.273 e. The van der Waals surface area contributed by atoms with Crippen molar-refractivity contribution in [3.63, 3.8) is 0 Å². The van der Waals surface area contributed by atoms with E-state index >= 15 is 0 Å². The maximum atomic E-state index is 13.4. The Morgan fingerprint density at radius 3 is 2.38 bits per heavy atom. The average Bonchev–Trinajstić information content (AvgIpc) is 3.35. The van der Waals surface area contributed by atoms with Crippen LogP contribution in [0.4, 0.5) is 10.1 Å². The van der Waals surface area contributed by atoms with E-state index in [1.54, 1.807) is 42.5 Å². The van der Waals surface area contributed by atoms with E-state index < -0.39 is 11.7 Å². The van der Waals surface area contributed by atoms with Gasteiger partial charge in [0.1, 0.15) is 5.82 Å². The first-order chi connectivity index (χ1) is 18.9. The lowest BCUT2D eigenvalue weighted by molar-refractivity contribution is 0.0388. The Kier molecular flexibility index (Phi) is 9.94. The van der Waals surface area contributed by atoms with Crippen LogP contribution in [0.1, 0.15) is 45.7 Å². The topological polar surface area (TPSA) is 89.1 Å². The van der Waals surface area contributed by atoms with Gasteiger partial charge in [0, 0.05) is 48.8 Å². The summed E-state index contributed by atoms with van der Waals surface area (Å²) in [5, 5.41) is 15.1. The number of hydrogen-bond donors (Lipinski definition) is 3. The van der Waals surface area contributed by atoms with Crippen LogP contribution in [0.15, 0.2) is 76.3 Å². The average molecular weight is 596 g/mol. The SMILES string of the molecule is CCN1CC(NCc2ccc(C(=O)Nc3ccc(Br)cc3C(=O)N/N=C/c3cccc(F)c3)cc2)CN1CC. The number of halogens is 2. The zero-order valence-corrected chi connectivity index (χ0v) is 23.5. The van der Waals surface area contributed by atoms with Crippen molar-refractivity contribution in [1.82, 2.24) is 20.8 Å². The molecule has 0 spiro atoms. The molecule has 39 heavy (non-hydrogen) atoms. The molecule has 0 unspecified atom stereocenters. The van der Waals surface area contributed by atoms with Gasteiger partial charge >= 0.3 is 0 Å². The molecular formula is C29H32BrFN6O2. The number of hydrogen-bond acceptors (Lipinski definition) is 6. The molecule has 3 aromatic carbocycles. The fraction of sp³-hybridized carbons (Fsp3) is 0.276. The largest absolute Gasteiger partial charge is 0.321 e. The summed E-state index contributed by atoms with van der Waals surface area (Å²) < 4.78 is 14.0. The van der Waals surface area contributed by atoms with Crippen LogP contribution >= 0.6 is 15.9 Å². The molecule has 0 atom stereocenters. The van der Waals surface area contributed by atoms with Crippen molar-refractivity contribution >= 4 is 39.6 Å². The third-order valence-electron chi connectivity index (χ3n) is 6.51. The molecule has 1 heterocycles. The van der Waals surface area contributed by atoms with Gasteiger partial charge in [-0.15, -0.1) is 0 Å². The van der Waals surface area contributed by atoms with Crippen molar-refractivity contribution in [1.29, 1.82) is 0 Å². The van der Waals surface area contributed by atoms with Crippen LogP contribution in [-0.4, -0.2) is 60.3 Å². The van der Waals surface area contributed by atoms with Gasteiger partial charge in [-0.1, -0.05) is 54.0 Å². The van der Waals surface area contributed by atoms with Crippen molar-refractivity contribution in [2.24, 2.45) is 5.10 Å². The molecule has 1 saturated heterocycles. The van der Waals surface area contributed by atoms with Gasteiger partial charge in [0.05, 0.1) is 17.5 Å². The molecule has 2 amide bonds. The Bertz CT molecular complexity index is 1320. The zero-order chi connectivity index (χ0) is 27.8. The van der Waals surface area contributed by atoms with E-state index in [2.05, 4.69) is 61.0 Å². The van der Waals surface area contributed by atoms with Crippen LogP contribution in [-0.2, 0) is 6.54 Å². The van der Waals surface area contributed by atoms with Crippen molar-refractivity contribution < 1.29 is 14.0 Å². The van der Waals surface area contributed by atoms with Gasteiger partial charge in [0.25, 0.3) is 11.8 Å². The quantitative estimate of drug-likeness (QED) is 0.235. The minimum absolute atomic E-state index is 0.230. The maximum Gasteiger partial charge on any atom is 0.273 e. The number of amides is 2. The summed E-state index contributed by atoms with van der Waals surface area (Å²) >= 11 is 3.37. The summed E-state index contributed by atoms with van der Waals surface area (Å²) in [4.78, 5) is 25.8. The van der Waals surface area contributed by atoms with E-state index in [0.717, 1.165) is 38.3 Å². The number of rotatable bonds is 10. The van der Waals surface area contributed by atoms with Crippen molar-refractivity contribution in [3.8, 4) is 0 Å². The first-order valence-electron chi connectivity index (χ1n) is 12.9. The van der Waals surface area contributed by atoms with Crippen molar-refractivity contribution in [3.05, 3.63) is 99.3 Å². The first kappa shape index (κ1) is 28.6. The van der Waals surface area contributed by atoms with Gasteiger partial charge in [-0.25, -0.2) is 19.8 Å². The van der Waals surface area contributed by atoms with Crippen molar-refractivity contribution in [2.45, 2.75) is 26.4 Å². The predicted molar refractivity (Wildman–Crippen MR) is 155 cm³/mol. The van der Waals surface area contributed by atoms with Gasteiger partial charge in [0.15, 0.2) is 0 Å². The Morgan fingerprint density at radius 2 is 1.72 bits per heavy atom. The summed E-state index contributed by atoms with van der Waals surface area (Å²) in [6.45, 7) is 9.03. The lowest BCUT2D eigenvalue weighted by atomic mass is 10.1. The Morgan fingerprint density at radius 1 is 1.00 bits per heavy atom. The highest BCUT2D eigenvalue weighted by Crippen LogP contribution is 2.22. The lowest BCUT2D eigenvalue weighted by Gasteiger charge is -2.24. The lowest BCUT2D eigenvalue weighted by Crippen LogP contribution is -2.35. The third-order valence-corrected chi connectivity index (χ3v) is 7.00. The molecule has 0 aliphatic carbocycles. The monoisotopic (exact) mass is 594 g/mol. The number of likely N-dealkylation sites (N-methyl/N-ethyl adjacent to an activating group) is 2. The summed E-state index contributed by atoms with van der Waals surface area (Å²) in [5.74, 6) is -1.25. The Balaban J connectivity index is 1.35. The van der Waals surface area contributed by atoms with Crippen LogP contribution < -0.4 is 16.1 Å². The van der Waals surface area contributed by atoms with E-state index in [0.29, 0.717) is 27.3 Å². The summed E-state index contributed by atoms with van der Waals surface area (Å²) in [5.41, 5.74) is 5.07. The highest BCUT2D eigenvalue weighted by atomic mass is 79.9. The van der Waals surface area contributed by atoms with Gasteiger partial charge in [-0.3, -0.25) is 9.59 Å². The normalized spacial score (nSPS) is 14.7. The molecule has 0 saturated carbocycles. The molecule has 204 valence electrons. The molecule has 8 nitrogen and oxygen atoms in total. The second-order valence-corrected chi connectivity index (χ2v) is 10.1. The van der Waals surface area contributed by atoms with Gasteiger partial charge in [-0.05, 0) is 53.6 Å². The van der Waals surface area contributed by atoms with Crippen molar-refractivity contribution in [2.75, 3.05) is 31.5 Å². The number of nitrogens with one attached hydrogen (secondary N) is 3. The fourth-order valence-electron chi connectivity index (χ4n) is 4.44. The fourth-order valence-corrected chi connectivity index (χ4v) is 4.80. The predicted octanol–water partition coefficient (Wildman–Crippen LogP) is 4.64. The molecule has 3 N–H and O–H groups in total. The maximum absolute atomic E-state index is 13.4. The molecule has 3 aromatic rings. The first-order valence-corrected chi connectivity index (χ1v) is 13.7. The molecule has 1 aliphatic heterocycles. The molecule has 1 fully saturated rings. The van der Waals surface area contributed by atoms with E-state index in [1.165, 1.54) is 18.3 Å². The number of anilines is 1. The number of hydrazone groups is 1. The number of benzene rings is 3. The summed E-state index contributed by atoms with van der Waals surface area (Å²) in [7, 11) is 0.